The molecule has 0 saturated heterocycles. The first-order chi connectivity index (χ1) is 10.1. The van der Waals surface area contributed by atoms with E-state index in [2.05, 4.69) is 5.32 Å². The maximum atomic E-state index is 13.1. The van der Waals surface area contributed by atoms with Crippen molar-refractivity contribution in [1.82, 2.24) is 0 Å². The van der Waals surface area contributed by atoms with Crippen LogP contribution in [0.4, 0.5) is 10.1 Å². The zero-order valence-corrected chi connectivity index (χ0v) is 11.8. The van der Waals surface area contributed by atoms with Crippen LogP contribution in [0.15, 0.2) is 42.5 Å². The lowest BCUT2D eigenvalue weighted by atomic mass is 10.2. The van der Waals surface area contributed by atoms with Crippen molar-refractivity contribution < 1.29 is 19.3 Å². The van der Waals surface area contributed by atoms with E-state index in [1.165, 1.54) is 12.1 Å². The number of anilines is 1. The molecule has 0 amide bonds. The zero-order valence-electron chi connectivity index (χ0n) is 11.1. The standard InChI is InChI=1S/C15H15ClFNO3/c16-14-7-11(18-8-12(20)9-19)4-5-15(14)21-13-3-1-2-10(17)6-13/h1-7,12,18-20H,8-9H2. The molecule has 0 saturated carbocycles. The summed E-state index contributed by atoms with van der Waals surface area (Å²) in [7, 11) is 0. The highest BCUT2D eigenvalue weighted by atomic mass is 35.5. The highest BCUT2D eigenvalue weighted by molar-refractivity contribution is 6.32. The van der Waals surface area contributed by atoms with Gasteiger partial charge >= 0.3 is 0 Å². The van der Waals surface area contributed by atoms with Crippen molar-refractivity contribution in [3.05, 3.63) is 53.3 Å². The molecular formula is C15H15ClFNO3. The Kier molecular flexibility index (Phi) is 5.38. The summed E-state index contributed by atoms with van der Waals surface area (Å²) in [5.41, 5.74) is 0.680. The van der Waals surface area contributed by atoms with E-state index >= 15 is 0 Å². The number of hydrogen-bond acceptors (Lipinski definition) is 4. The van der Waals surface area contributed by atoms with Gasteiger partial charge in [0, 0.05) is 18.3 Å². The van der Waals surface area contributed by atoms with E-state index in [0.29, 0.717) is 22.2 Å². The third-order valence-electron chi connectivity index (χ3n) is 2.71. The molecule has 0 aliphatic rings. The number of nitrogens with one attached hydrogen (secondary N) is 1. The summed E-state index contributed by atoms with van der Waals surface area (Å²) >= 11 is 6.10. The smallest absolute Gasteiger partial charge is 0.146 e. The summed E-state index contributed by atoms with van der Waals surface area (Å²) in [5.74, 6) is 0.365. The van der Waals surface area contributed by atoms with Crippen LogP contribution in [0.1, 0.15) is 0 Å². The number of halogens is 2. The summed E-state index contributed by atoms with van der Waals surface area (Å²) in [4.78, 5) is 0. The Morgan fingerprint density at radius 1 is 1.24 bits per heavy atom. The van der Waals surface area contributed by atoms with E-state index in [1.54, 1.807) is 30.3 Å². The lowest BCUT2D eigenvalue weighted by Crippen LogP contribution is -2.22. The first kappa shape index (κ1) is 15.6. The molecule has 3 N–H and O–H groups in total. The molecule has 0 fully saturated rings. The van der Waals surface area contributed by atoms with Crippen LogP contribution in [0, 0.1) is 5.82 Å². The molecule has 0 spiro atoms. The van der Waals surface area contributed by atoms with Gasteiger partial charge in [0.25, 0.3) is 0 Å². The predicted molar refractivity (Wildman–Crippen MR) is 79.5 cm³/mol. The molecule has 0 aliphatic carbocycles. The van der Waals surface area contributed by atoms with Crippen molar-refractivity contribution in [2.75, 3.05) is 18.5 Å². The minimum atomic E-state index is -0.841. The van der Waals surface area contributed by atoms with Gasteiger partial charge < -0.3 is 20.3 Å². The van der Waals surface area contributed by atoms with Gasteiger partial charge in [-0.15, -0.1) is 0 Å². The van der Waals surface area contributed by atoms with Crippen molar-refractivity contribution in [2.45, 2.75) is 6.10 Å². The summed E-state index contributed by atoms with van der Waals surface area (Å²) in [6.07, 6.45) is -0.841. The van der Waals surface area contributed by atoms with Crippen molar-refractivity contribution in [1.29, 1.82) is 0 Å². The number of aliphatic hydroxyl groups excluding tert-OH is 2. The fourth-order valence-corrected chi connectivity index (χ4v) is 1.87. The quantitative estimate of drug-likeness (QED) is 0.767. The molecule has 0 radical (unpaired) electrons. The number of aliphatic hydroxyl groups is 2. The SMILES string of the molecule is OCC(O)CNc1ccc(Oc2cccc(F)c2)c(Cl)c1. The Bertz CT molecular complexity index is 609. The van der Waals surface area contributed by atoms with E-state index in [1.807, 2.05) is 0 Å². The van der Waals surface area contributed by atoms with Crippen LogP contribution in [0.2, 0.25) is 5.02 Å². The fourth-order valence-electron chi connectivity index (χ4n) is 1.65. The van der Waals surface area contributed by atoms with Crippen LogP contribution in [0.25, 0.3) is 0 Å². The van der Waals surface area contributed by atoms with Crippen molar-refractivity contribution in [3.63, 3.8) is 0 Å². The predicted octanol–water partition coefficient (Wildman–Crippen LogP) is 3.04. The Morgan fingerprint density at radius 2 is 2.05 bits per heavy atom. The molecule has 0 aliphatic heterocycles. The first-order valence-corrected chi connectivity index (χ1v) is 6.72. The number of benzene rings is 2. The van der Waals surface area contributed by atoms with Crippen LogP contribution in [-0.4, -0.2) is 29.5 Å². The zero-order chi connectivity index (χ0) is 15.2. The molecule has 0 bridgehead atoms. The van der Waals surface area contributed by atoms with Gasteiger partial charge in [0.1, 0.15) is 17.3 Å². The fraction of sp³-hybridized carbons (Fsp3) is 0.200. The van der Waals surface area contributed by atoms with Crippen molar-refractivity contribution in [2.24, 2.45) is 0 Å². The summed E-state index contributed by atoms with van der Waals surface area (Å²) in [6.45, 7) is -0.113. The van der Waals surface area contributed by atoms with Gasteiger partial charge in [-0.1, -0.05) is 17.7 Å². The van der Waals surface area contributed by atoms with Crippen LogP contribution in [0.5, 0.6) is 11.5 Å². The molecule has 6 heteroatoms. The van der Waals surface area contributed by atoms with E-state index in [0.717, 1.165) is 0 Å². The maximum Gasteiger partial charge on any atom is 0.146 e. The van der Waals surface area contributed by atoms with Gasteiger partial charge in [0.05, 0.1) is 17.7 Å². The topological polar surface area (TPSA) is 61.7 Å². The summed E-state index contributed by atoms with van der Waals surface area (Å²) < 4.78 is 18.6. The number of ether oxygens (including phenoxy) is 1. The Hall–Kier alpha value is -1.82. The summed E-state index contributed by atoms with van der Waals surface area (Å²) in [6, 6.07) is 10.7. The molecule has 0 aromatic heterocycles. The second kappa shape index (κ2) is 7.26. The Labute approximate surface area is 126 Å². The highest BCUT2D eigenvalue weighted by Crippen LogP contribution is 2.31. The molecule has 1 atom stereocenters. The second-order valence-corrected chi connectivity index (χ2v) is 4.83. The maximum absolute atomic E-state index is 13.1. The molecule has 2 aromatic rings. The molecule has 2 rings (SSSR count). The number of rotatable bonds is 6. The van der Waals surface area contributed by atoms with E-state index in [-0.39, 0.29) is 19.0 Å². The lowest BCUT2D eigenvalue weighted by molar-refractivity contribution is 0.105. The van der Waals surface area contributed by atoms with E-state index < -0.39 is 6.10 Å². The van der Waals surface area contributed by atoms with Gasteiger partial charge in [0.15, 0.2) is 0 Å². The van der Waals surface area contributed by atoms with Crippen molar-refractivity contribution in [3.8, 4) is 11.5 Å². The largest absolute Gasteiger partial charge is 0.456 e. The normalized spacial score (nSPS) is 12.0. The minimum absolute atomic E-state index is 0.205. The molecule has 2 aromatic carbocycles. The molecular weight excluding hydrogens is 297 g/mol. The monoisotopic (exact) mass is 311 g/mol. The molecule has 1 unspecified atom stereocenters. The molecule has 4 nitrogen and oxygen atoms in total. The third kappa shape index (κ3) is 4.60. The van der Waals surface area contributed by atoms with Gasteiger partial charge in [0.2, 0.25) is 0 Å². The average Bonchev–Trinajstić information content (AvgIpc) is 2.47. The Morgan fingerprint density at radius 3 is 2.71 bits per heavy atom. The van der Waals surface area contributed by atoms with Gasteiger partial charge in [-0.3, -0.25) is 0 Å². The third-order valence-corrected chi connectivity index (χ3v) is 3.00. The van der Waals surface area contributed by atoms with Crippen LogP contribution in [-0.2, 0) is 0 Å². The average molecular weight is 312 g/mol. The van der Waals surface area contributed by atoms with Crippen molar-refractivity contribution >= 4 is 17.3 Å². The van der Waals surface area contributed by atoms with Gasteiger partial charge in [-0.25, -0.2) is 4.39 Å². The minimum Gasteiger partial charge on any atom is -0.456 e. The van der Waals surface area contributed by atoms with E-state index in [4.69, 9.17) is 21.4 Å². The highest BCUT2D eigenvalue weighted by Gasteiger charge is 2.07. The van der Waals surface area contributed by atoms with Gasteiger partial charge in [-0.05, 0) is 30.3 Å². The lowest BCUT2D eigenvalue weighted by Gasteiger charge is -2.12. The second-order valence-electron chi connectivity index (χ2n) is 4.42. The summed E-state index contributed by atoms with van der Waals surface area (Å²) in [5, 5.41) is 21.3. The van der Waals surface area contributed by atoms with Crippen LogP contribution < -0.4 is 10.1 Å². The molecule has 0 heterocycles. The van der Waals surface area contributed by atoms with E-state index in [9.17, 15) is 9.50 Å². The number of hydrogen-bond donors (Lipinski definition) is 3. The van der Waals surface area contributed by atoms with Crippen LogP contribution in [0.3, 0.4) is 0 Å². The van der Waals surface area contributed by atoms with Gasteiger partial charge in [-0.2, -0.15) is 0 Å². The first-order valence-electron chi connectivity index (χ1n) is 6.34. The molecule has 112 valence electrons. The Balaban J connectivity index is 2.05. The molecule has 21 heavy (non-hydrogen) atoms. The van der Waals surface area contributed by atoms with Crippen LogP contribution >= 0.6 is 11.6 Å².